The Morgan fingerprint density at radius 1 is 0.929 bits per heavy atom. The molecule has 3 rings (SSSR count). The van der Waals surface area contributed by atoms with E-state index in [0.29, 0.717) is 0 Å². The zero-order valence-electron chi connectivity index (χ0n) is 17.9. The van der Waals surface area contributed by atoms with Gasteiger partial charge in [-0.15, -0.1) is 0 Å². The van der Waals surface area contributed by atoms with E-state index < -0.39 is 0 Å². The van der Waals surface area contributed by atoms with E-state index in [0.717, 1.165) is 30.6 Å². The number of ether oxygens (including phenoxy) is 1. The maximum atomic E-state index is 5.77. The third-order valence-electron chi connectivity index (χ3n) is 6.16. The Morgan fingerprint density at radius 3 is 2.14 bits per heavy atom. The topological polar surface area (TPSA) is 9.23 Å². The molecule has 1 heteroatoms. The highest BCUT2D eigenvalue weighted by molar-refractivity contribution is 5.71. The van der Waals surface area contributed by atoms with Gasteiger partial charge in [0.25, 0.3) is 0 Å². The van der Waals surface area contributed by atoms with E-state index >= 15 is 0 Å². The van der Waals surface area contributed by atoms with Gasteiger partial charge in [-0.3, -0.25) is 0 Å². The van der Waals surface area contributed by atoms with Gasteiger partial charge in [0.15, 0.2) is 0 Å². The minimum Gasteiger partial charge on any atom is -0.494 e. The van der Waals surface area contributed by atoms with Crippen molar-refractivity contribution in [2.45, 2.75) is 65.7 Å². The number of benzene rings is 2. The van der Waals surface area contributed by atoms with Crippen LogP contribution in [0, 0.1) is 11.8 Å². The smallest absolute Gasteiger partial charge is 0.119 e. The molecule has 150 valence electrons. The van der Waals surface area contributed by atoms with Gasteiger partial charge in [0.2, 0.25) is 0 Å². The molecule has 2 aromatic carbocycles. The summed E-state index contributed by atoms with van der Waals surface area (Å²) in [5, 5.41) is 0. The van der Waals surface area contributed by atoms with Crippen molar-refractivity contribution in [1.82, 2.24) is 0 Å². The molecule has 0 aliphatic heterocycles. The quantitative estimate of drug-likeness (QED) is 0.401. The van der Waals surface area contributed by atoms with Gasteiger partial charge in [-0.2, -0.15) is 0 Å². The molecular formula is C27H36O. The molecule has 0 amide bonds. The van der Waals surface area contributed by atoms with E-state index in [-0.39, 0.29) is 0 Å². The Hall–Kier alpha value is -2.02. The normalized spacial score (nSPS) is 17.8. The molecule has 0 heterocycles. The fraction of sp³-hybridized carbons (Fsp3) is 0.481. The Labute approximate surface area is 171 Å². The van der Waals surface area contributed by atoms with Gasteiger partial charge in [0.1, 0.15) is 5.75 Å². The Kier molecular flexibility index (Phi) is 7.77. The summed E-state index contributed by atoms with van der Waals surface area (Å²) in [6, 6.07) is 17.6. The number of hydrogen-bond acceptors (Lipinski definition) is 1. The molecule has 1 nitrogen and oxygen atoms in total. The molecule has 0 saturated heterocycles. The maximum Gasteiger partial charge on any atom is 0.119 e. The Bertz CT molecular complexity index is 739. The van der Waals surface area contributed by atoms with E-state index in [9.17, 15) is 0 Å². The number of unbranched alkanes of at least 4 members (excludes halogenated alkanes) is 1. The predicted molar refractivity (Wildman–Crippen MR) is 122 cm³/mol. The first-order valence-electron chi connectivity index (χ1n) is 11.2. The zero-order chi connectivity index (χ0) is 19.8. The van der Waals surface area contributed by atoms with Gasteiger partial charge in [-0.25, -0.2) is 0 Å². The monoisotopic (exact) mass is 376 g/mol. The van der Waals surface area contributed by atoms with Gasteiger partial charge in [0.05, 0.1) is 6.61 Å². The molecule has 1 aliphatic carbocycles. The first-order chi connectivity index (χ1) is 13.7. The molecule has 2 atom stereocenters. The van der Waals surface area contributed by atoms with Crippen molar-refractivity contribution in [3.05, 3.63) is 60.2 Å². The van der Waals surface area contributed by atoms with Crippen LogP contribution in [0.5, 0.6) is 5.75 Å². The average Bonchev–Trinajstić information content (AvgIpc) is 2.75. The molecule has 2 unspecified atom stereocenters. The van der Waals surface area contributed by atoms with Crippen LogP contribution in [0.1, 0.15) is 71.3 Å². The molecule has 0 saturated carbocycles. The van der Waals surface area contributed by atoms with Gasteiger partial charge < -0.3 is 4.74 Å². The van der Waals surface area contributed by atoms with E-state index in [4.69, 9.17) is 4.74 Å². The summed E-state index contributed by atoms with van der Waals surface area (Å²) in [7, 11) is 0. The fourth-order valence-corrected chi connectivity index (χ4v) is 4.06. The Balaban J connectivity index is 1.59. The lowest BCUT2D eigenvalue weighted by atomic mass is 9.81. The fourth-order valence-electron chi connectivity index (χ4n) is 4.06. The molecule has 0 fully saturated rings. The molecule has 0 N–H and O–H groups in total. The highest BCUT2D eigenvalue weighted by Crippen LogP contribution is 2.34. The predicted octanol–water partition coefficient (Wildman–Crippen LogP) is 8.15. The first kappa shape index (κ1) is 20.7. The largest absolute Gasteiger partial charge is 0.494 e. The minimum absolute atomic E-state index is 0.803. The summed E-state index contributed by atoms with van der Waals surface area (Å²) < 4.78 is 5.77. The molecule has 0 radical (unpaired) electrons. The highest BCUT2D eigenvalue weighted by atomic mass is 16.5. The van der Waals surface area contributed by atoms with E-state index in [2.05, 4.69) is 75.4 Å². The van der Waals surface area contributed by atoms with Gasteiger partial charge in [-0.1, -0.05) is 76.1 Å². The summed E-state index contributed by atoms with van der Waals surface area (Å²) in [5.41, 5.74) is 5.45. The lowest BCUT2D eigenvalue weighted by Crippen LogP contribution is -2.09. The zero-order valence-corrected chi connectivity index (χ0v) is 17.9. The van der Waals surface area contributed by atoms with Crippen molar-refractivity contribution in [2.24, 2.45) is 11.8 Å². The van der Waals surface area contributed by atoms with Crippen LogP contribution in [0.2, 0.25) is 0 Å². The van der Waals surface area contributed by atoms with Crippen molar-refractivity contribution in [2.75, 3.05) is 6.61 Å². The summed E-state index contributed by atoms with van der Waals surface area (Å²) >= 11 is 0. The molecule has 28 heavy (non-hydrogen) atoms. The molecule has 1 aliphatic rings. The lowest BCUT2D eigenvalue weighted by molar-refractivity contribution is 0.309. The second-order valence-corrected chi connectivity index (χ2v) is 8.42. The average molecular weight is 377 g/mol. The van der Waals surface area contributed by atoms with Crippen LogP contribution >= 0.6 is 0 Å². The van der Waals surface area contributed by atoms with Crippen LogP contribution in [0.4, 0.5) is 0 Å². The van der Waals surface area contributed by atoms with Crippen LogP contribution in [0.3, 0.4) is 0 Å². The van der Waals surface area contributed by atoms with Gasteiger partial charge in [-0.05, 0) is 78.3 Å². The molecule has 0 bridgehead atoms. The van der Waals surface area contributed by atoms with E-state index in [1.165, 1.54) is 60.8 Å². The summed E-state index contributed by atoms with van der Waals surface area (Å²) in [5.74, 6) is 2.71. The third-order valence-corrected chi connectivity index (χ3v) is 6.16. The second-order valence-electron chi connectivity index (χ2n) is 8.42. The standard InChI is InChI=1S/C27H36O/c1-4-6-19-28-27-17-15-26(16-18-27)25-13-11-24(12-14-25)23-9-7-22(8-10-23)20-21(3)5-2/h9,11-18,21-22H,4-8,10,19-20H2,1-3H3. The van der Waals surface area contributed by atoms with Crippen LogP contribution in [0.25, 0.3) is 16.7 Å². The summed E-state index contributed by atoms with van der Waals surface area (Å²) in [4.78, 5) is 0. The molecule has 0 spiro atoms. The van der Waals surface area contributed by atoms with Gasteiger partial charge in [0, 0.05) is 0 Å². The minimum atomic E-state index is 0.803. The van der Waals surface area contributed by atoms with Crippen molar-refractivity contribution in [3.63, 3.8) is 0 Å². The third kappa shape index (κ3) is 5.74. The first-order valence-corrected chi connectivity index (χ1v) is 11.2. The maximum absolute atomic E-state index is 5.77. The SMILES string of the molecule is CCCCOc1ccc(-c2ccc(C3=CCC(CC(C)CC)CC3)cc2)cc1. The molecule has 2 aromatic rings. The number of hydrogen-bond donors (Lipinski definition) is 0. The Morgan fingerprint density at radius 2 is 1.57 bits per heavy atom. The lowest BCUT2D eigenvalue weighted by Gasteiger charge is -2.24. The van der Waals surface area contributed by atoms with E-state index in [1.54, 1.807) is 0 Å². The second kappa shape index (κ2) is 10.5. The van der Waals surface area contributed by atoms with E-state index in [1.807, 2.05) is 0 Å². The number of rotatable bonds is 9. The highest BCUT2D eigenvalue weighted by Gasteiger charge is 2.17. The van der Waals surface area contributed by atoms with Crippen LogP contribution in [-0.2, 0) is 0 Å². The van der Waals surface area contributed by atoms with Gasteiger partial charge >= 0.3 is 0 Å². The van der Waals surface area contributed by atoms with Crippen LogP contribution in [0.15, 0.2) is 54.6 Å². The van der Waals surface area contributed by atoms with Crippen molar-refractivity contribution in [1.29, 1.82) is 0 Å². The van der Waals surface area contributed by atoms with Crippen molar-refractivity contribution < 1.29 is 4.74 Å². The number of allylic oxidation sites excluding steroid dienone is 2. The van der Waals surface area contributed by atoms with Crippen molar-refractivity contribution in [3.8, 4) is 16.9 Å². The summed E-state index contributed by atoms with van der Waals surface area (Å²) in [6.07, 6.45) is 11.3. The summed E-state index contributed by atoms with van der Waals surface area (Å²) in [6.45, 7) is 7.69. The molecular weight excluding hydrogens is 340 g/mol. The van der Waals surface area contributed by atoms with Crippen LogP contribution in [-0.4, -0.2) is 6.61 Å². The van der Waals surface area contributed by atoms with Crippen molar-refractivity contribution >= 4 is 5.57 Å². The van der Waals surface area contributed by atoms with Crippen LogP contribution < -0.4 is 4.74 Å². The molecule has 0 aromatic heterocycles.